The van der Waals surface area contributed by atoms with Gasteiger partial charge in [-0.05, 0) is 22.0 Å². The normalized spacial score (nSPS) is 11.4. The predicted octanol–water partition coefficient (Wildman–Crippen LogP) is 2.45. The molecule has 0 amide bonds. The van der Waals surface area contributed by atoms with Gasteiger partial charge in [0, 0.05) is 6.07 Å². The number of ether oxygens (including phenoxy) is 1. The number of nitrogens with zero attached hydrogens (tertiary/aromatic N) is 1. The van der Waals surface area contributed by atoms with Gasteiger partial charge < -0.3 is 9.84 Å². The molecule has 0 aromatic carbocycles. The van der Waals surface area contributed by atoms with Crippen molar-refractivity contribution in [3.8, 4) is 11.6 Å². The van der Waals surface area contributed by atoms with Crippen molar-refractivity contribution in [1.82, 2.24) is 4.98 Å². The molecule has 0 aliphatic heterocycles. The lowest BCUT2D eigenvalue weighted by molar-refractivity contribution is -0.276. The number of halogens is 4. The summed E-state index contributed by atoms with van der Waals surface area (Å²) in [5.41, 5.74) is 0. The first-order valence-corrected chi connectivity index (χ1v) is 3.79. The minimum atomic E-state index is -4.77. The van der Waals surface area contributed by atoms with Gasteiger partial charge in [-0.15, -0.1) is 13.2 Å². The summed E-state index contributed by atoms with van der Waals surface area (Å²) in [6, 6.07) is 1.95. The Morgan fingerprint density at radius 2 is 2.00 bits per heavy atom. The molecule has 1 rings (SSSR count). The SMILES string of the molecule is Oc1ccc(OC(F)(F)F)nc1Br. The van der Waals surface area contributed by atoms with Crippen LogP contribution < -0.4 is 4.74 Å². The molecule has 0 spiro atoms. The van der Waals surface area contributed by atoms with E-state index >= 15 is 0 Å². The summed E-state index contributed by atoms with van der Waals surface area (Å²) >= 11 is 2.75. The summed E-state index contributed by atoms with van der Waals surface area (Å²) in [5, 5.41) is 8.90. The van der Waals surface area contributed by atoms with Gasteiger partial charge in [0.2, 0.25) is 5.88 Å². The Balaban J connectivity index is 2.86. The van der Waals surface area contributed by atoms with Crippen LogP contribution in [-0.2, 0) is 0 Å². The molecule has 0 radical (unpaired) electrons. The van der Waals surface area contributed by atoms with Gasteiger partial charge in [0.05, 0.1) is 0 Å². The summed E-state index contributed by atoms with van der Waals surface area (Å²) in [7, 11) is 0. The van der Waals surface area contributed by atoms with Gasteiger partial charge in [-0.2, -0.15) is 0 Å². The van der Waals surface area contributed by atoms with E-state index in [1.807, 2.05) is 0 Å². The van der Waals surface area contributed by atoms with Crippen molar-refractivity contribution in [2.75, 3.05) is 0 Å². The van der Waals surface area contributed by atoms with Crippen LogP contribution in [0.15, 0.2) is 16.7 Å². The number of hydrogen-bond acceptors (Lipinski definition) is 3. The third-order valence-corrected chi connectivity index (χ3v) is 1.61. The van der Waals surface area contributed by atoms with E-state index in [-0.39, 0.29) is 10.4 Å². The van der Waals surface area contributed by atoms with E-state index in [1.165, 1.54) is 0 Å². The molecule has 0 aliphatic carbocycles. The average Bonchev–Trinajstić information content (AvgIpc) is 1.94. The van der Waals surface area contributed by atoms with Gasteiger partial charge in [-0.25, -0.2) is 4.98 Å². The number of hydrogen-bond donors (Lipinski definition) is 1. The molecule has 1 N–H and O–H groups in total. The van der Waals surface area contributed by atoms with Gasteiger partial charge in [0.25, 0.3) is 0 Å². The molecule has 0 fully saturated rings. The maximum absolute atomic E-state index is 11.6. The molecule has 0 unspecified atom stereocenters. The third-order valence-electron chi connectivity index (χ3n) is 1.02. The van der Waals surface area contributed by atoms with E-state index in [0.29, 0.717) is 0 Å². The van der Waals surface area contributed by atoms with Gasteiger partial charge in [-0.3, -0.25) is 0 Å². The first kappa shape index (κ1) is 10.1. The molecule has 1 heterocycles. The second kappa shape index (κ2) is 3.41. The van der Waals surface area contributed by atoms with Crippen LogP contribution in [0, 0.1) is 0 Å². The number of aromatic hydroxyl groups is 1. The van der Waals surface area contributed by atoms with Gasteiger partial charge in [0.15, 0.2) is 4.60 Å². The van der Waals surface area contributed by atoms with Crippen LogP contribution >= 0.6 is 15.9 Å². The second-order valence-electron chi connectivity index (χ2n) is 2.01. The van der Waals surface area contributed by atoms with Crippen molar-refractivity contribution in [3.05, 3.63) is 16.7 Å². The predicted molar refractivity (Wildman–Crippen MR) is 40.3 cm³/mol. The number of aromatic nitrogens is 1. The Hall–Kier alpha value is -0.980. The molecule has 3 nitrogen and oxygen atoms in total. The van der Waals surface area contributed by atoms with E-state index in [1.54, 1.807) is 0 Å². The zero-order chi connectivity index (χ0) is 10.1. The fourth-order valence-electron chi connectivity index (χ4n) is 0.586. The first-order chi connectivity index (χ1) is 5.88. The molecular formula is C6H3BrF3NO2. The zero-order valence-corrected chi connectivity index (χ0v) is 7.56. The van der Waals surface area contributed by atoms with Crippen LogP contribution in [0.25, 0.3) is 0 Å². The largest absolute Gasteiger partial charge is 0.574 e. The van der Waals surface area contributed by atoms with Gasteiger partial charge in [0.1, 0.15) is 5.75 Å². The van der Waals surface area contributed by atoms with Crippen LogP contribution in [0.4, 0.5) is 13.2 Å². The van der Waals surface area contributed by atoms with E-state index < -0.39 is 12.2 Å². The Labute approximate surface area is 79.3 Å². The summed E-state index contributed by atoms with van der Waals surface area (Å²) in [6.07, 6.45) is -4.77. The lowest BCUT2D eigenvalue weighted by Crippen LogP contribution is -2.17. The van der Waals surface area contributed by atoms with E-state index in [9.17, 15) is 13.2 Å². The smallest absolute Gasteiger partial charge is 0.505 e. The van der Waals surface area contributed by atoms with Crippen LogP contribution in [0.1, 0.15) is 0 Å². The third kappa shape index (κ3) is 3.10. The molecule has 0 saturated heterocycles. The van der Waals surface area contributed by atoms with Crippen molar-refractivity contribution in [1.29, 1.82) is 0 Å². The summed E-state index contributed by atoms with van der Waals surface area (Å²) in [6.45, 7) is 0. The maximum Gasteiger partial charge on any atom is 0.574 e. The van der Waals surface area contributed by atoms with E-state index in [0.717, 1.165) is 12.1 Å². The molecule has 72 valence electrons. The highest BCUT2D eigenvalue weighted by Crippen LogP contribution is 2.27. The molecule has 13 heavy (non-hydrogen) atoms. The molecule has 1 aromatic heterocycles. The lowest BCUT2D eigenvalue weighted by atomic mass is 10.4. The van der Waals surface area contributed by atoms with Crippen molar-refractivity contribution < 1.29 is 23.0 Å². The topological polar surface area (TPSA) is 42.4 Å². The molecule has 0 bridgehead atoms. The molecule has 7 heteroatoms. The minimum Gasteiger partial charge on any atom is -0.505 e. The summed E-state index contributed by atoms with van der Waals surface area (Å²) in [5.74, 6) is -0.883. The van der Waals surface area contributed by atoms with Crippen LogP contribution in [0.2, 0.25) is 0 Å². The van der Waals surface area contributed by atoms with Crippen molar-refractivity contribution in [3.63, 3.8) is 0 Å². The molecule has 1 aromatic rings. The lowest BCUT2D eigenvalue weighted by Gasteiger charge is -2.07. The zero-order valence-electron chi connectivity index (χ0n) is 5.97. The first-order valence-electron chi connectivity index (χ1n) is 3.00. The van der Waals surface area contributed by atoms with Gasteiger partial charge >= 0.3 is 6.36 Å². The Morgan fingerprint density at radius 1 is 1.38 bits per heavy atom. The van der Waals surface area contributed by atoms with Crippen molar-refractivity contribution in [2.24, 2.45) is 0 Å². The summed E-state index contributed by atoms with van der Waals surface area (Å²) < 4.78 is 38.3. The minimum absolute atomic E-state index is 0.103. The molecule has 0 aliphatic rings. The highest BCUT2D eigenvalue weighted by Gasteiger charge is 2.31. The average molecular weight is 258 g/mol. The monoisotopic (exact) mass is 257 g/mol. The number of rotatable bonds is 1. The van der Waals surface area contributed by atoms with Crippen molar-refractivity contribution >= 4 is 15.9 Å². The van der Waals surface area contributed by atoms with Crippen molar-refractivity contribution in [2.45, 2.75) is 6.36 Å². The maximum atomic E-state index is 11.6. The van der Waals surface area contributed by atoms with E-state index in [4.69, 9.17) is 5.11 Å². The number of pyridine rings is 1. The quantitative estimate of drug-likeness (QED) is 0.786. The Bertz CT molecular complexity index is 315. The number of alkyl halides is 3. The Morgan fingerprint density at radius 3 is 2.46 bits per heavy atom. The van der Waals surface area contributed by atoms with E-state index in [2.05, 4.69) is 25.7 Å². The fourth-order valence-corrected chi connectivity index (χ4v) is 0.893. The van der Waals surface area contributed by atoms with Crippen LogP contribution in [0.5, 0.6) is 11.6 Å². The highest BCUT2D eigenvalue weighted by molar-refractivity contribution is 9.10. The van der Waals surface area contributed by atoms with Gasteiger partial charge in [-0.1, -0.05) is 0 Å². The van der Waals surface area contributed by atoms with Crippen LogP contribution in [-0.4, -0.2) is 16.5 Å². The Kier molecular flexibility index (Phi) is 2.65. The summed E-state index contributed by atoms with van der Waals surface area (Å²) in [4.78, 5) is 3.28. The highest BCUT2D eigenvalue weighted by atomic mass is 79.9. The molecule has 0 atom stereocenters. The molecular weight excluding hydrogens is 255 g/mol. The second-order valence-corrected chi connectivity index (χ2v) is 2.76. The van der Waals surface area contributed by atoms with Crippen LogP contribution in [0.3, 0.4) is 0 Å². The fraction of sp³-hybridized carbons (Fsp3) is 0.167. The standard InChI is InChI=1S/C6H3BrF3NO2/c7-5-3(12)1-2-4(11-5)13-6(8,9)10/h1-2,12H. The molecule has 0 saturated carbocycles.